The fraction of sp³-hybridized carbons (Fsp3) is 0.273. The van der Waals surface area contributed by atoms with E-state index in [2.05, 4.69) is 4.74 Å². The Morgan fingerprint density at radius 3 is 2.56 bits per heavy atom. The summed E-state index contributed by atoms with van der Waals surface area (Å²) in [5, 5.41) is 19.5. The highest BCUT2D eigenvalue weighted by Crippen LogP contribution is 2.31. The molecule has 0 atom stereocenters. The first-order valence-electron chi connectivity index (χ1n) is 5.00. The molecule has 0 radical (unpaired) electrons. The van der Waals surface area contributed by atoms with Gasteiger partial charge in [0.25, 0.3) is 0 Å². The van der Waals surface area contributed by atoms with Gasteiger partial charge in [0.2, 0.25) is 0 Å². The molecule has 0 fully saturated rings. The standard InChI is InChI=1S/C11H13F2N2O3/c1-14(2)7-6-8-9(15(16)17)4-3-5-10(8)18-11(12)13/h3-7,11,16H,1-2H3/q-1/b7-6+. The fourth-order valence-electron chi connectivity index (χ4n) is 1.29. The van der Waals surface area contributed by atoms with E-state index >= 15 is 0 Å². The monoisotopic (exact) mass is 259 g/mol. The summed E-state index contributed by atoms with van der Waals surface area (Å²) in [7, 11) is 3.45. The second kappa shape index (κ2) is 6.18. The quantitative estimate of drug-likeness (QED) is 0.823. The summed E-state index contributed by atoms with van der Waals surface area (Å²) in [6.07, 6.45) is 2.94. The topological polar surface area (TPSA) is 59.0 Å². The average molecular weight is 259 g/mol. The highest BCUT2D eigenvalue weighted by molar-refractivity contribution is 5.72. The number of nitrogens with zero attached hydrogens (tertiary/aromatic N) is 2. The lowest BCUT2D eigenvalue weighted by atomic mass is 10.1. The van der Waals surface area contributed by atoms with Gasteiger partial charge < -0.3 is 20.1 Å². The van der Waals surface area contributed by atoms with Crippen molar-refractivity contribution in [2.75, 3.05) is 19.3 Å². The fourth-order valence-corrected chi connectivity index (χ4v) is 1.29. The molecule has 0 aliphatic rings. The van der Waals surface area contributed by atoms with Gasteiger partial charge in [-0.2, -0.15) is 8.78 Å². The molecule has 0 unspecified atom stereocenters. The van der Waals surface area contributed by atoms with Crippen LogP contribution in [0.5, 0.6) is 5.75 Å². The Kier molecular flexibility index (Phi) is 4.87. The first-order chi connectivity index (χ1) is 8.41. The molecule has 1 aromatic rings. The van der Waals surface area contributed by atoms with Crippen LogP contribution < -0.4 is 9.96 Å². The van der Waals surface area contributed by atoms with Crippen molar-refractivity contribution < 1.29 is 18.7 Å². The molecular formula is C11H13F2N2O3-. The molecule has 0 bridgehead atoms. The number of benzene rings is 1. The van der Waals surface area contributed by atoms with Gasteiger partial charge in [-0.1, -0.05) is 6.07 Å². The van der Waals surface area contributed by atoms with Crippen molar-refractivity contribution >= 4 is 11.8 Å². The van der Waals surface area contributed by atoms with Crippen molar-refractivity contribution in [2.45, 2.75) is 6.61 Å². The van der Waals surface area contributed by atoms with E-state index in [1.165, 1.54) is 24.3 Å². The Morgan fingerprint density at radius 1 is 1.39 bits per heavy atom. The number of alkyl halides is 2. The van der Waals surface area contributed by atoms with Crippen LogP contribution in [0, 0.1) is 5.21 Å². The van der Waals surface area contributed by atoms with E-state index < -0.39 is 11.8 Å². The van der Waals surface area contributed by atoms with Crippen LogP contribution in [0.2, 0.25) is 0 Å². The average Bonchev–Trinajstić information content (AvgIpc) is 2.25. The lowest BCUT2D eigenvalue weighted by molar-refractivity contribution is -0.0499. The summed E-state index contributed by atoms with van der Waals surface area (Å²) >= 11 is 0. The molecule has 0 aliphatic heterocycles. The van der Waals surface area contributed by atoms with Gasteiger partial charge in [0.05, 0.1) is 5.69 Å². The van der Waals surface area contributed by atoms with Crippen molar-refractivity contribution in [1.29, 1.82) is 0 Å². The van der Waals surface area contributed by atoms with E-state index in [9.17, 15) is 14.0 Å². The molecule has 0 amide bonds. The number of anilines is 1. The SMILES string of the molecule is CN(C)/C=C/c1c(OC(F)F)cccc1N([O-])O. The summed E-state index contributed by atoms with van der Waals surface area (Å²) in [5.41, 5.74) is -0.102. The van der Waals surface area contributed by atoms with Crippen molar-refractivity contribution in [3.63, 3.8) is 0 Å². The molecule has 1 aromatic carbocycles. The number of ether oxygens (including phenoxy) is 1. The maximum absolute atomic E-state index is 12.2. The van der Waals surface area contributed by atoms with Crippen molar-refractivity contribution in [1.82, 2.24) is 4.90 Å². The molecule has 0 saturated carbocycles. The Labute approximate surface area is 103 Å². The minimum atomic E-state index is -3.01. The van der Waals surface area contributed by atoms with Crippen LogP contribution in [0.25, 0.3) is 6.08 Å². The molecule has 100 valence electrons. The van der Waals surface area contributed by atoms with Crippen LogP contribution in [-0.2, 0) is 0 Å². The zero-order valence-electron chi connectivity index (χ0n) is 9.88. The van der Waals surface area contributed by atoms with Crippen LogP contribution in [0.3, 0.4) is 0 Å². The van der Waals surface area contributed by atoms with Gasteiger partial charge in [0.1, 0.15) is 5.75 Å². The van der Waals surface area contributed by atoms with Crippen LogP contribution in [0.4, 0.5) is 14.5 Å². The third-order valence-corrected chi connectivity index (χ3v) is 2.00. The highest BCUT2D eigenvalue weighted by atomic mass is 19.3. The predicted octanol–water partition coefficient (Wildman–Crippen LogP) is 2.51. The van der Waals surface area contributed by atoms with E-state index in [0.29, 0.717) is 0 Å². The lowest BCUT2D eigenvalue weighted by Crippen LogP contribution is -2.11. The normalized spacial score (nSPS) is 11.1. The van der Waals surface area contributed by atoms with E-state index in [1.54, 1.807) is 25.2 Å². The summed E-state index contributed by atoms with van der Waals surface area (Å²) in [5.74, 6) is -0.185. The molecule has 7 heteroatoms. The van der Waals surface area contributed by atoms with Gasteiger partial charge in [-0.3, -0.25) is 5.21 Å². The summed E-state index contributed by atoms with van der Waals surface area (Å²) in [6, 6.07) is 3.91. The molecule has 5 nitrogen and oxygen atoms in total. The number of rotatable bonds is 5. The Morgan fingerprint density at radius 2 is 2.06 bits per heavy atom. The Balaban J connectivity index is 3.20. The number of hydrogen-bond donors (Lipinski definition) is 1. The Hall–Kier alpha value is -1.86. The molecule has 0 spiro atoms. The second-order valence-corrected chi connectivity index (χ2v) is 3.62. The van der Waals surface area contributed by atoms with Gasteiger partial charge in [-0.25, -0.2) is 0 Å². The molecule has 0 aromatic heterocycles. The third kappa shape index (κ3) is 3.86. The minimum Gasteiger partial charge on any atom is -0.733 e. The van der Waals surface area contributed by atoms with Crippen LogP contribution in [0.15, 0.2) is 24.4 Å². The molecule has 0 saturated heterocycles. The largest absolute Gasteiger partial charge is 0.733 e. The van der Waals surface area contributed by atoms with Crippen molar-refractivity contribution in [3.8, 4) is 5.75 Å². The summed E-state index contributed by atoms with van der Waals surface area (Å²) < 4.78 is 28.7. The van der Waals surface area contributed by atoms with E-state index in [1.807, 2.05) is 0 Å². The summed E-state index contributed by atoms with van der Waals surface area (Å²) in [4.78, 5) is 1.65. The van der Waals surface area contributed by atoms with Crippen LogP contribution >= 0.6 is 0 Å². The first-order valence-corrected chi connectivity index (χ1v) is 5.00. The van der Waals surface area contributed by atoms with E-state index in [4.69, 9.17) is 5.21 Å². The minimum absolute atomic E-state index is 0.0731. The van der Waals surface area contributed by atoms with Gasteiger partial charge in [0, 0.05) is 19.7 Å². The van der Waals surface area contributed by atoms with Gasteiger partial charge in [-0.05, 0) is 24.4 Å². The van der Waals surface area contributed by atoms with E-state index in [-0.39, 0.29) is 17.0 Å². The smallest absolute Gasteiger partial charge is 0.387 e. The van der Waals surface area contributed by atoms with Gasteiger partial charge in [-0.15, -0.1) is 0 Å². The molecule has 1 N–H and O–H groups in total. The molecule has 1 rings (SSSR count). The molecule has 0 heterocycles. The van der Waals surface area contributed by atoms with Crippen molar-refractivity contribution in [3.05, 3.63) is 35.2 Å². The maximum atomic E-state index is 12.2. The highest BCUT2D eigenvalue weighted by Gasteiger charge is 2.12. The maximum Gasteiger partial charge on any atom is 0.387 e. The second-order valence-electron chi connectivity index (χ2n) is 3.62. The first kappa shape index (κ1) is 14.2. The third-order valence-electron chi connectivity index (χ3n) is 2.00. The van der Waals surface area contributed by atoms with Crippen LogP contribution in [-0.4, -0.2) is 30.8 Å². The lowest BCUT2D eigenvalue weighted by Gasteiger charge is -2.25. The molecular weight excluding hydrogens is 246 g/mol. The van der Waals surface area contributed by atoms with E-state index in [0.717, 1.165) is 0 Å². The Bertz CT molecular complexity index is 423. The van der Waals surface area contributed by atoms with Crippen LogP contribution in [0.1, 0.15) is 5.56 Å². The molecule has 0 aliphatic carbocycles. The number of hydrogen-bond acceptors (Lipinski definition) is 5. The predicted molar refractivity (Wildman–Crippen MR) is 63.4 cm³/mol. The zero-order chi connectivity index (χ0) is 13.7. The van der Waals surface area contributed by atoms with Crippen molar-refractivity contribution in [2.24, 2.45) is 0 Å². The van der Waals surface area contributed by atoms with Gasteiger partial charge in [0.15, 0.2) is 0 Å². The zero-order valence-corrected chi connectivity index (χ0v) is 9.88. The van der Waals surface area contributed by atoms with Gasteiger partial charge >= 0.3 is 6.61 Å². The molecule has 18 heavy (non-hydrogen) atoms. The number of halogens is 2. The summed E-state index contributed by atoms with van der Waals surface area (Å²) in [6.45, 7) is -3.01.